The van der Waals surface area contributed by atoms with Crippen molar-refractivity contribution >= 4 is 34.9 Å². The summed E-state index contributed by atoms with van der Waals surface area (Å²) < 4.78 is 55.4. The second kappa shape index (κ2) is 10.1. The highest BCUT2D eigenvalue weighted by atomic mass is 35.5. The zero-order valence-corrected chi connectivity index (χ0v) is 18.1. The standard InChI is InChI=1S/C19H14Cl2F4N6O2/c1-9(14-15(27-6-5-26-14)16-28-3-2-4-29-16)30-18(32)31-12-8-13(11(21)7-10(12)20)33-19(24,25)17(22)23/h2-9,17H,1H3,(H2,30,31,32)/t9-/m0/s1. The number of benzene rings is 1. The molecule has 0 saturated heterocycles. The van der Waals surface area contributed by atoms with Crippen LogP contribution in [0, 0.1) is 0 Å². The first-order chi connectivity index (χ1) is 15.6. The van der Waals surface area contributed by atoms with Gasteiger partial charge >= 0.3 is 18.6 Å². The Morgan fingerprint density at radius 2 is 1.70 bits per heavy atom. The van der Waals surface area contributed by atoms with E-state index < -0.39 is 35.4 Å². The smallest absolute Gasteiger partial charge is 0.427 e. The molecule has 3 aromatic rings. The zero-order valence-electron chi connectivity index (χ0n) is 16.6. The van der Waals surface area contributed by atoms with Gasteiger partial charge in [-0.25, -0.2) is 19.7 Å². The zero-order chi connectivity index (χ0) is 24.2. The Hall–Kier alpha value is -3.25. The maximum atomic E-state index is 13.3. The molecule has 0 bridgehead atoms. The number of rotatable bonds is 7. The van der Waals surface area contributed by atoms with Crippen molar-refractivity contribution in [2.24, 2.45) is 0 Å². The van der Waals surface area contributed by atoms with Crippen molar-refractivity contribution in [1.29, 1.82) is 0 Å². The van der Waals surface area contributed by atoms with Gasteiger partial charge in [0.25, 0.3) is 0 Å². The van der Waals surface area contributed by atoms with Crippen LogP contribution in [-0.4, -0.2) is 38.5 Å². The second-order valence-corrected chi connectivity index (χ2v) is 7.22. The number of amides is 2. The number of alkyl halides is 4. The number of hydrogen-bond acceptors (Lipinski definition) is 6. The number of nitrogens with zero attached hydrogens (tertiary/aromatic N) is 4. The second-order valence-electron chi connectivity index (χ2n) is 6.41. The van der Waals surface area contributed by atoms with E-state index in [0.29, 0.717) is 11.4 Å². The molecule has 0 fully saturated rings. The Morgan fingerprint density at radius 1 is 1.03 bits per heavy atom. The van der Waals surface area contributed by atoms with Crippen molar-refractivity contribution in [2.45, 2.75) is 25.5 Å². The van der Waals surface area contributed by atoms with Crippen LogP contribution < -0.4 is 15.4 Å². The number of halogens is 6. The summed E-state index contributed by atoms with van der Waals surface area (Å²) in [4.78, 5) is 29.1. The highest BCUT2D eigenvalue weighted by Gasteiger charge is 2.44. The molecule has 8 nitrogen and oxygen atoms in total. The largest absolute Gasteiger partial charge is 0.461 e. The summed E-state index contributed by atoms with van der Waals surface area (Å²) in [5.41, 5.74) is 0.471. The van der Waals surface area contributed by atoms with E-state index in [1.807, 2.05) is 0 Å². The summed E-state index contributed by atoms with van der Waals surface area (Å²) in [6.07, 6.45) is -3.00. The van der Waals surface area contributed by atoms with Gasteiger partial charge in [-0.1, -0.05) is 23.2 Å². The van der Waals surface area contributed by atoms with E-state index in [9.17, 15) is 22.4 Å². The minimum atomic E-state index is -4.80. The third kappa shape index (κ3) is 5.96. The monoisotopic (exact) mass is 504 g/mol. The molecule has 0 spiro atoms. The molecule has 0 aliphatic heterocycles. The van der Waals surface area contributed by atoms with E-state index in [1.165, 1.54) is 24.8 Å². The Bertz CT molecular complexity index is 1140. The SMILES string of the molecule is C[C@H](NC(=O)Nc1cc(OC(F)(F)C(F)F)c(Cl)cc1Cl)c1nccnc1-c1ncccn1. The van der Waals surface area contributed by atoms with Gasteiger partial charge in [0.15, 0.2) is 5.82 Å². The number of carbonyl (C=O) groups is 1. The molecular formula is C19H14Cl2F4N6O2. The average Bonchev–Trinajstić information content (AvgIpc) is 2.77. The van der Waals surface area contributed by atoms with E-state index >= 15 is 0 Å². The van der Waals surface area contributed by atoms with Gasteiger partial charge < -0.3 is 15.4 Å². The molecule has 2 aromatic heterocycles. The molecule has 174 valence electrons. The lowest BCUT2D eigenvalue weighted by atomic mass is 10.1. The molecule has 2 heterocycles. The van der Waals surface area contributed by atoms with Gasteiger partial charge in [-0.3, -0.25) is 4.98 Å². The Kier molecular flexibility index (Phi) is 7.49. The maximum Gasteiger partial charge on any atom is 0.461 e. The van der Waals surface area contributed by atoms with Crippen LogP contribution in [-0.2, 0) is 0 Å². The first kappa shape index (κ1) is 24.4. The van der Waals surface area contributed by atoms with Crippen LogP contribution in [0.3, 0.4) is 0 Å². The van der Waals surface area contributed by atoms with Crippen LogP contribution in [0.2, 0.25) is 10.0 Å². The number of carbonyl (C=O) groups excluding carboxylic acids is 1. The number of urea groups is 1. The molecule has 0 aliphatic carbocycles. The van der Waals surface area contributed by atoms with Gasteiger partial charge in [0.05, 0.1) is 27.5 Å². The topological polar surface area (TPSA) is 102 Å². The fourth-order valence-corrected chi connectivity index (χ4v) is 3.05. The quantitative estimate of drug-likeness (QED) is 0.420. The Labute approximate surface area is 194 Å². The van der Waals surface area contributed by atoms with E-state index in [4.69, 9.17) is 23.2 Å². The van der Waals surface area contributed by atoms with Crippen molar-refractivity contribution < 1.29 is 27.1 Å². The summed E-state index contributed by atoms with van der Waals surface area (Å²) >= 11 is 11.7. The fraction of sp³-hybridized carbons (Fsp3) is 0.211. The number of anilines is 1. The first-order valence-electron chi connectivity index (χ1n) is 9.08. The maximum absolute atomic E-state index is 13.3. The van der Waals surface area contributed by atoms with E-state index in [2.05, 4.69) is 35.3 Å². The first-order valence-corrected chi connectivity index (χ1v) is 9.84. The predicted octanol–water partition coefficient (Wildman–Crippen LogP) is 5.36. The molecule has 2 N–H and O–H groups in total. The van der Waals surface area contributed by atoms with Gasteiger partial charge in [0.1, 0.15) is 11.4 Å². The van der Waals surface area contributed by atoms with Crippen molar-refractivity contribution in [3.63, 3.8) is 0 Å². The lowest BCUT2D eigenvalue weighted by Gasteiger charge is -2.19. The molecule has 3 rings (SSSR count). The van der Waals surface area contributed by atoms with Gasteiger partial charge in [-0.05, 0) is 19.1 Å². The van der Waals surface area contributed by atoms with Crippen LogP contribution in [0.15, 0.2) is 43.0 Å². The Morgan fingerprint density at radius 3 is 2.36 bits per heavy atom. The highest BCUT2D eigenvalue weighted by Crippen LogP contribution is 2.38. The number of ether oxygens (including phenoxy) is 1. The molecule has 1 atom stereocenters. The Balaban J connectivity index is 1.77. The summed E-state index contributed by atoms with van der Waals surface area (Å²) in [6, 6.07) is 1.87. The van der Waals surface area contributed by atoms with Gasteiger partial charge in [-0.2, -0.15) is 17.6 Å². The summed E-state index contributed by atoms with van der Waals surface area (Å²) in [5, 5.41) is 4.30. The van der Waals surface area contributed by atoms with Crippen LogP contribution in [0.1, 0.15) is 18.7 Å². The third-order valence-corrected chi connectivity index (χ3v) is 4.64. The van der Waals surface area contributed by atoms with Crippen LogP contribution >= 0.6 is 23.2 Å². The van der Waals surface area contributed by atoms with Crippen molar-refractivity contribution in [1.82, 2.24) is 25.3 Å². The highest BCUT2D eigenvalue weighted by molar-refractivity contribution is 6.37. The molecule has 0 unspecified atom stereocenters. The summed E-state index contributed by atoms with van der Waals surface area (Å²) in [7, 11) is 0. The minimum Gasteiger partial charge on any atom is -0.427 e. The van der Waals surface area contributed by atoms with Crippen molar-refractivity contribution in [2.75, 3.05) is 5.32 Å². The number of nitrogens with one attached hydrogen (secondary N) is 2. The van der Waals surface area contributed by atoms with Crippen molar-refractivity contribution in [3.05, 3.63) is 58.7 Å². The normalized spacial score (nSPS) is 12.4. The van der Waals surface area contributed by atoms with E-state index in [-0.39, 0.29) is 16.5 Å². The third-order valence-electron chi connectivity index (χ3n) is 4.03. The molecule has 0 radical (unpaired) electrons. The number of hydrogen-bond donors (Lipinski definition) is 2. The van der Waals surface area contributed by atoms with Crippen molar-refractivity contribution in [3.8, 4) is 17.3 Å². The summed E-state index contributed by atoms with van der Waals surface area (Å²) in [6.45, 7) is 1.61. The van der Waals surface area contributed by atoms with Gasteiger partial charge in [-0.15, -0.1) is 0 Å². The summed E-state index contributed by atoms with van der Waals surface area (Å²) in [5.74, 6) is -0.510. The lowest BCUT2D eigenvalue weighted by Crippen LogP contribution is -2.34. The molecule has 33 heavy (non-hydrogen) atoms. The molecular weight excluding hydrogens is 491 g/mol. The predicted molar refractivity (Wildman–Crippen MR) is 112 cm³/mol. The average molecular weight is 505 g/mol. The van der Waals surface area contributed by atoms with E-state index in [1.54, 1.807) is 13.0 Å². The van der Waals surface area contributed by atoms with Gasteiger partial charge in [0.2, 0.25) is 0 Å². The minimum absolute atomic E-state index is 0.145. The molecule has 1 aromatic carbocycles. The molecule has 0 saturated carbocycles. The molecule has 14 heteroatoms. The van der Waals surface area contributed by atoms with Crippen LogP contribution in [0.5, 0.6) is 5.75 Å². The molecule has 0 aliphatic rings. The van der Waals surface area contributed by atoms with Crippen LogP contribution in [0.4, 0.5) is 28.0 Å². The van der Waals surface area contributed by atoms with Crippen LogP contribution in [0.25, 0.3) is 11.5 Å². The number of aromatic nitrogens is 4. The molecule has 2 amide bonds. The fourth-order valence-electron chi connectivity index (χ4n) is 2.58. The van der Waals surface area contributed by atoms with Gasteiger partial charge in [0, 0.05) is 30.9 Å². The van der Waals surface area contributed by atoms with E-state index in [0.717, 1.165) is 12.1 Å². The lowest BCUT2D eigenvalue weighted by molar-refractivity contribution is -0.253.